The normalized spacial score (nSPS) is 11.4. The van der Waals surface area contributed by atoms with Crippen molar-refractivity contribution in [1.29, 1.82) is 0 Å². The number of halogens is 1. The van der Waals surface area contributed by atoms with Crippen molar-refractivity contribution in [3.63, 3.8) is 0 Å². The van der Waals surface area contributed by atoms with E-state index in [9.17, 15) is 12.8 Å². The van der Waals surface area contributed by atoms with Crippen molar-refractivity contribution in [2.45, 2.75) is 18.4 Å². The van der Waals surface area contributed by atoms with E-state index in [0.717, 1.165) is 9.87 Å². The second-order valence-electron chi connectivity index (χ2n) is 4.67. The van der Waals surface area contributed by atoms with Crippen LogP contribution in [0.3, 0.4) is 0 Å². The lowest BCUT2D eigenvalue weighted by atomic mass is 10.1. The monoisotopic (exact) mass is 308 g/mol. The molecule has 0 aliphatic carbocycles. The van der Waals surface area contributed by atoms with Crippen LogP contribution in [0.2, 0.25) is 0 Å². The van der Waals surface area contributed by atoms with Crippen LogP contribution in [0.1, 0.15) is 11.1 Å². The minimum atomic E-state index is -3.84. The summed E-state index contributed by atoms with van der Waals surface area (Å²) >= 11 is 0. The Morgan fingerprint density at radius 2 is 1.81 bits per heavy atom. The molecule has 0 atom stereocenters. The molecular weight excluding hydrogens is 291 g/mol. The molecule has 0 saturated heterocycles. The van der Waals surface area contributed by atoms with Crippen LogP contribution < -0.4 is 10.0 Å². The highest BCUT2D eigenvalue weighted by Crippen LogP contribution is 2.27. The first-order valence-corrected chi connectivity index (χ1v) is 7.85. The third kappa shape index (κ3) is 2.77. The first kappa shape index (κ1) is 15.5. The lowest BCUT2D eigenvalue weighted by Gasteiger charge is -2.21. The molecule has 4 nitrogen and oxygen atoms in total. The van der Waals surface area contributed by atoms with Crippen LogP contribution in [-0.2, 0) is 16.6 Å². The first-order valence-electron chi connectivity index (χ1n) is 6.41. The van der Waals surface area contributed by atoms with E-state index < -0.39 is 15.8 Å². The SMILES string of the molecule is Cc1c(CN)cccc1S(=O)(=O)N(C)c1ccccc1F. The molecule has 2 rings (SSSR count). The van der Waals surface area contributed by atoms with Gasteiger partial charge in [-0.05, 0) is 36.2 Å². The maximum absolute atomic E-state index is 13.8. The molecule has 0 fully saturated rings. The zero-order valence-corrected chi connectivity index (χ0v) is 12.7. The highest BCUT2D eigenvalue weighted by atomic mass is 32.2. The fraction of sp³-hybridized carbons (Fsp3) is 0.200. The van der Waals surface area contributed by atoms with Crippen LogP contribution in [0.5, 0.6) is 0 Å². The van der Waals surface area contributed by atoms with E-state index in [2.05, 4.69) is 0 Å². The van der Waals surface area contributed by atoms with Crippen molar-refractivity contribution >= 4 is 15.7 Å². The second-order valence-corrected chi connectivity index (χ2v) is 6.61. The summed E-state index contributed by atoms with van der Waals surface area (Å²) in [5.41, 5.74) is 6.95. The molecule has 0 spiro atoms. The van der Waals surface area contributed by atoms with Crippen LogP contribution >= 0.6 is 0 Å². The molecule has 0 aliphatic heterocycles. The van der Waals surface area contributed by atoms with Gasteiger partial charge in [0.25, 0.3) is 10.0 Å². The zero-order valence-electron chi connectivity index (χ0n) is 11.9. The van der Waals surface area contributed by atoms with Crippen molar-refractivity contribution < 1.29 is 12.8 Å². The minimum Gasteiger partial charge on any atom is -0.326 e. The van der Waals surface area contributed by atoms with E-state index in [1.807, 2.05) is 0 Å². The Balaban J connectivity index is 2.55. The molecule has 0 unspecified atom stereocenters. The standard InChI is InChI=1S/C15H17FN2O2S/c1-11-12(10-17)6-5-9-15(11)21(19,20)18(2)14-8-4-3-7-13(14)16/h3-9H,10,17H2,1-2H3. The Kier molecular flexibility index (Phi) is 4.29. The van der Waals surface area contributed by atoms with Gasteiger partial charge in [-0.2, -0.15) is 0 Å². The number of nitrogens with two attached hydrogens (primary N) is 1. The Morgan fingerprint density at radius 1 is 1.14 bits per heavy atom. The first-order chi connectivity index (χ1) is 9.89. The molecule has 21 heavy (non-hydrogen) atoms. The van der Waals surface area contributed by atoms with E-state index >= 15 is 0 Å². The van der Waals surface area contributed by atoms with E-state index in [4.69, 9.17) is 5.73 Å². The van der Waals surface area contributed by atoms with E-state index in [-0.39, 0.29) is 17.1 Å². The molecule has 112 valence electrons. The Hall–Kier alpha value is -1.92. The van der Waals surface area contributed by atoms with E-state index in [0.29, 0.717) is 5.56 Å². The number of rotatable bonds is 4. The maximum Gasteiger partial charge on any atom is 0.264 e. The van der Waals surface area contributed by atoms with E-state index in [1.165, 1.54) is 31.3 Å². The minimum absolute atomic E-state index is 0.00931. The smallest absolute Gasteiger partial charge is 0.264 e. The fourth-order valence-electron chi connectivity index (χ4n) is 2.14. The second kappa shape index (κ2) is 5.83. The van der Waals surface area contributed by atoms with Gasteiger partial charge in [0.15, 0.2) is 0 Å². The molecule has 6 heteroatoms. The molecule has 0 aliphatic rings. The number of hydrogen-bond donors (Lipinski definition) is 1. The summed E-state index contributed by atoms with van der Waals surface area (Å²) in [6.07, 6.45) is 0. The van der Waals surface area contributed by atoms with Crippen LogP contribution in [0.25, 0.3) is 0 Å². The van der Waals surface area contributed by atoms with Gasteiger partial charge in [0, 0.05) is 13.6 Å². The highest BCUT2D eigenvalue weighted by Gasteiger charge is 2.25. The molecule has 0 bridgehead atoms. The molecule has 0 radical (unpaired) electrons. The number of benzene rings is 2. The van der Waals surface area contributed by atoms with Gasteiger partial charge in [-0.25, -0.2) is 12.8 Å². The summed E-state index contributed by atoms with van der Waals surface area (Å²) in [6.45, 7) is 1.95. The molecule has 0 heterocycles. The largest absolute Gasteiger partial charge is 0.326 e. The Bertz CT molecular complexity index is 760. The van der Waals surface area contributed by atoms with Gasteiger partial charge >= 0.3 is 0 Å². The summed E-state index contributed by atoms with van der Waals surface area (Å²) < 4.78 is 40.1. The van der Waals surface area contributed by atoms with E-state index in [1.54, 1.807) is 25.1 Å². The third-order valence-corrected chi connectivity index (χ3v) is 5.36. The van der Waals surface area contributed by atoms with Crippen molar-refractivity contribution in [3.8, 4) is 0 Å². The molecule has 2 aromatic carbocycles. The average molecular weight is 308 g/mol. The topological polar surface area (TPSA) is 63.4 Å². The van der Waals surface area contributed by atoms with Gasteiger partial charge in [-0.15, -0.1) is 0 Å². The quantitative estimate of drug-likeness (QED) is 0.943. The number of para-hydroxylation sites is 1. The zero-order chi connectivity index (χ0) is 15.6. The maximum atomic E-state index is 13.8. The third-order valence-electron chi connectivity index (χ3n) is 3.45. The lowest BCUT2D eigenvalue weighted by Crippen LogP contribution is -2.28. The number of nitrogens with zero attached hydrogens (tertiary/aromatic N) is 1. The summed E-state index contributed by atoms with van der Waals surface area (Å²) in [7, 11) is -2.50. The number of anilines is 1. The fourth-order valence-corrected chi connectivity index (χ4v) is 3.62. The summed E-state index contributed by atoms with van der Waals surface area (Å²) in [5.74, 6) is -0.587. The van der Waals surface area contributed by atoms with Crippen molar-refractivity contribution in [1.82, 2.24) is 0 Å². The Labute approximate surface area is 124 Å². The molecule has 0 saturated carbocycles. The molecular formula is C15H17FN2O2S. The predicted molar refractivity (Wildman–Crippen MR) is 81.1 cm³/mol. The van der Waals surface area contributed by atoms with Crippen LogP contribution in [0, 0.1) is 12.7 Å². The number of sulfonamides is 1. The molecule has 0 aromatic heterocycles. The van der Waals surface area contributed by atoms with Gasteiger partial charge < -0.3 is 5.73 Å². The Morgan fingerprint density at radius 3 is 2.43 bits per heavy atom. The lowest BCUT2D eigenvalue weighted by molar-refractivity contribution is 0.589. The van der Waals surface area contributed by atoms with Crippen LogP contribution in [0.4, 0.5) is 10.1 Å². The predicted octanol–water partition coefficient (Wildman–Crippen LogP) is 2.42. The van der Waals surface area contributed by atoms with Gasteiger partial charge in [-0.1, -0.05) is 24.3 Å². The molecule has 2 N–H and O–H groups in total. The summed E-state index contributed by atoms with van der Waals surface area (Å²) in [6, 6.07) is 10.7. The van der Waals surface area contributed by atoms with Gasteiger partial charge in [-0.3, -0.25) is 4.31 Å². The average Bonchev–Trinajstić information content (AvgIpc) is 2.47. The molecule has 2 aromatic rings. The van der Waals surface area contributed by atoms with Gasteiger partial charge in [0.1, 0.15) is 5.82 Å². The van der Waals surface area contributed by atoms with Crippen molar-refractivity contribution in [3.05, 3.63) is 59.4 Å². The van der Waals surface area contributed by atoms with Crippen molar-refractivity contribution in [2.75, 3.05) is 11.4 Å². The van der Waals surface area contributed by atoms with Gasteiger partial charge in [0.2, 0.25) is 0 Å². The van der Waals surface area contributed by atoms with Crippen LogP contribution in [0.15, 0.2) is 47.4 Å². The number of hydrogen-bond acceptors (Lipinski definition) is 3. The van der Waals surface area contributed by atoms with Gasteiger partial charge in [0.05, 0.1) is 10.6 Å². The van der Waals surface area contributed by atoms with Crippen LogP contribution in [-0.4, -0.2) is 15.5 Å². The molecule has 0 amide bonds. The van der Waals surface area contributed by atoms with Crippen molar-refractivity contribution in [2.24, 2.45) is 5.73 Å². The highest BCUT2D eigenvalue weighted by molar-refractivity contribution is 7.92. The summed E-state index contributed by atoms with van der Waals surface area (Å²) in [4.78, 5) is 0.135. The summed E-state index contributed by atoms with van der Waals surface area (Å²) in [5, 5.41) is 0.